The molecule has 3 heteroatoms. The second-order valence-corrected chi connectivity index (χ2v) is 19.2. The first kappa shape index (κ1) is 16.9. The van der Waals surface area contributed by atoms with Crippen LogP contribution in [0.1, 0.15) is 41.5 Å². The maximum atomic E-state index is 11.6. The van der Waals surface area contributed by atoms with Crippen molar-refractivity contribution in [2.24, 2.45) is 0 Å². The summed E-state index contributed by atoms with van der Waals surface area (Å²) in [6.45, 7) is 22.9. The fourth-order valence-electron chi connectivity index (χ4n) is 1.79. The molecule has 0 spiro atoms. The second kappa shape index (κ2) is 4.53. The first-order valence-electron chi connectivity index (χ1n) is 6.45. The Morgan fingerprint density at radius 2 is 1.00 bits per heavy atom. The SMILES string of the molecule is CC(C)(C)[Si](C)(C)C(=C=O)[Si](C)(C)C(C)(C)C. The van der Waals surface area contributed by atoms with Gasteiger partial charge in [0.1, 0.15) is 5.94 Å². The van der Waals surface area contributed by atoms with Crippen molar-refractivity contribution >= 4 is 22.1 Å². The van der Waals surface area contributed by atoms with Crippen LogP contribution in [0.4, 0.5) is 0 Å². The monoisotopic (exact) mass is 270 g/mol. The zero-order valence-corrected chi connectivity index (χ0v) is 15.4. The number of carbonyl (C=O) groups excluding carboxylic acids is 1. The van der Waals surface area contributed by atoms with Gasteiger partial charge in [0.15, 0.2) is 0 Å². The highest BCUT2D eigenvalue weighted by Gasteiger charge is 2.50. The lowest BCUT2D eigenvalue weighted by Crippen LogP contribution is -2.54. The Kier molecular flexibility index (Phi) is 4.49. The van der Waals surface area contributed by atoms with Crippen LogP contribution in [-0.2, 0) is 4.79 Å². The molecule has 0 aromatic carbocycles. The van der Waals surface area contributed by atoms with Gasteiger partial charge in [0, 0.05) is 0 Å². The zero-order valence-electron chi connectivity index (χ0n) is 13.4. The third-order valence-corrected chi connectivity index (χ3v) is 19.1. The average Bonchev–Trinajstić information content (AvgIpc) is 1.99. The zero-order chi connectivity index (χ0) is 14.3. The molecule has 0 radical (unpaired) electrons. The largest absolute Gasteiger partial charge is 0.234 e. The molecule has 100 valence electrons. The molecule has 0 amide bonds. The van der Waals surface area contributed by atoms with Crippen LogP contribution in [0.3, 0.4) is 0 Å². The van der Waals surface area contributed by atoms with E-state index in [9.17, 15) is 4.79 Å². The predicted octanol–water partition coefficient (Wildman–Crippen LogP) is 4.84. The molecular weight excluding hydrogens is 240 g/mol. The summed E-state index contributed by atoms with van der Waals surface area (Å²) in [4.78, 5) is 12.8. The van der Waals surface area contributed by atoms with Crippen molar-refractivity contribution in [3.63, 3.8) is 0 Å². The molecule has 0 aliphatic heterocycles. The number of hydrogen-bond acceptors (Lipinski definition) is 1. The quantitative estimate of drug-likeness (QED) is 0.518. The van der Waals surface area contributed by atoms with E-state index in [1.165, 1.54) is 4.82 Å². The lowest BCUT2D eigenvalue weighted by molar-refractivity contribution is 0.568. The van der Waals surface area contributed by atoms with Crippen LogP contribution in [0.2, 0.25) is 36.3 Å². The van der Waals surface area contributed by atoms with Crippen LogP contribution in [0.25, 0.3) is 0 Å². The first-order chi connectivity index (χ1) is 7.19. The molecule has 0 aliphatic rings. The predicted molar refractivity (Wildman–Crippen MR) is 83.6 cm³/mol. The minimum absolute atomic E-state index is 0.218. The Labute approximate surface area is 110 Å². The fourth-order valence-corrected chi connectivity index (χ4v) is 12.3. The van der Waals surface area contributed by atoms with E-state index in [4.69, 9.17) is 0 Å². The van der Waals surface area contributed by atoms with Gasteiger partial charge in [-0.1, -0.05) is 67.7 Å². The first-order valence-corrected chi connectivity index (χ1v) is 12.5. The van der Waals surface area contributed by atoms with Crippen molar-refractivity contribution in [1.29, 1.82) is 0 Å². The summed E-state index contributed by atoms with van der Waals surface area (Å²) in [7, 11) is -3.45. The highest BCUT2D eigenvalue weighted by atomic mass is 28.4. The second-order valence-electron chi connectivity index (χ2n) is 8.23. The Morgan fingerprint density at radius 3 is 1.12 bits per heavy atom. The van der Waals surface area contributed by atoms with Gasteiger partial charge in [-0.05, 0) is 14.9 Å². The molecule has 17 heavy (non-hydrogen) atoms. The third-order valence-electron chi connectivity index (χ3n) is 5.10. The molecule has 0 aromatic heterocycles. The van der Waals surface area contributed by atoms with E-state index < -0.39 is 16.1 Å². The van der Waals surface area contributed by atoms with E-state index in [1.807, 2.05) is 0 Å². The summed E-state index contributed by atoms with van der Waals surface area (Å²) in [6.07, 6.45) is 0. The Balaban J connectivity index is 5.81. The molecule has 0 atom stereocenters. The van der Waals surface area contributed by atoms with Gasteiger partial charge < -0.3 is 0 Å². The van der Waals surface area contributed by atoms with Gasteiger partial charge >= 0.3 is 0 Å². The highest BCUT2D eigenvalue weighted by molar-refractivity contribution is 7.09. The van der Waals surface area contributed by atoms with Crippen LogP contribution in [0, 0.1) is 0 Å². The summed E-state index contributed by atoms with van der Waals surface area (Å²) in [6, 6.07) is 0. The van der Waals surface area contributed by atoms with E-state index in [0.29, 0.717) is 0 Å². The van der Waals surface area contributed by atoms with Crippen LogP contribution in [-0.4, -0.2) is 22.1 Å². The molecule has 0 aliphatic carbocycles. The van der Waals surface area contributed by atoms with Gasteiger partial charge in [-0.2, -0.15) is 0 Å². The van der Waals surface area contributed by atoms with Gasteiger partial charge in [-0.3, -0.25) is 0 Å². The fraction of sp³-hybridized carbons (Fsp3) is 0.857. The maximum Gasteiger partial charge on any atom is 0.114 e. The topological polar surface area (TPSA) is 17.1 Å². The van der Waals surface area contributed by atoms with Crippen LogP contribution in [0.5, 0.6) is 0 Å². The van der Waals surface area contributed by atoms with Gasteiger partial charge in [0.25, 0.3) is 0 Å². The van der Waals surface area contributed by atoms with Gasteiger partial charge in [0.2, 0.25) is 0 Å². The van der Waals surface area contributed by atoms with Crippen LogP contribution < -0.4 is 0 Å². The van der Waals surface area contributed by atoms with E-state index in [0.717, 1.165) is 0 Å². The van der Waals surface area contributed by atoms with E-state index in [1.54, 1.807) is 0 Å². The van der Waals surface area contributed by atoms with E-state index >= 15 is 0 Å². The van der Waals surface area contributed by atoms with E-state index in [2.05, 4.69) is 73.7 Å². The van der Waals surface area contributed by atoms with Gasteiger partial charge in [0.05, 0.1) is 16.1 Å². The van der Waals surface area contributed by atoms with Crippen molar-refractivity contribution in [3.8, 4) is 0 Å². The van der Waals surface area contributed by atoms with Crippen molar-refractivity contribution < 1.29 is 4.79 Å². The van der Waals surface area contributed by atoms with Crippen LogP contribution in [0.15, 0.2) is 4.82 Å². The third kappa shape index (κ3) is 3.01. The number of rotatable bonds is 2. The summed E-state index contributed by atoms with van der Waals surface area (Å²) in [5.41, 5.74) is 0. The average molecular weight is 271 g/mol. The molecular formula is C14H30OSi2. The molecule has 1 nitrogen and oxygen atoms in total. The number of hydrogen-bond donors (Lipinski definition) is 0. The lowest BCUT2D eigenvalue weighted by atomic mass is 10.2. The minimum Gasteiger partial charge on any atom is -0.234 e. The van der Waals surface area contributed by atoms with Crippen molar-refractivity contribution in [2.75, 3.05) is 0 Å². The smallest absolute Gasteiger partial charge is 0.114 e. The molecule has 0 bridgehead atoms. The summed E-state index contributed by atoms with van der Waals surface area (Å²) >= 11 is 0. The molecule has 0 heterocycles. The maximum absolute atomic E-state index is 11.6. The molecule has 0 aromatic rings. The van der Waals surface area contributed by atoms with Crippen LogP contribution >= 0.6 is 0 Å². The Hall–Kier alpha value is -0.116. The summed E-state index contributed by atoms with van der Waals surface area (Å²) < 4.78 is 0. The minimum atomic E-state index is -1.72. The molecule has 0 saturated heterocycles. The summed E-state index contributed by atoms with van der Waals surface area (Å²) in [5.74, 6) is 2.39. The molecule has 0 saturated carbocycles. The van der Waals surface area contributed by atoms with E-state index in [-0.39, 0.29) is 10.1 Å². The summed E-state index contributed by atoms with van der Waals surface area (Å²) in [5, 5.41) is 0.435. The van der Waals surface area contributed by atoms with Crippen molar-refractivity contribution in [1.82, 2.24) is 0 Å². The molecule has 0 N–H and O–H groups in total. The highest BCUT2D eigenvalue weighted by Crippen LogP contribution is 2.48. The Bertz CT molecular complexity index is 306. The van der Waals surface area contributed by atoms with Gasteiger partial charge in [-0.25, -0.2) is 4.79 Å². The lowest BCUT2D eigenvalue weighted by Gasteiger charge is -2.47. The Morgan fingerprint density at radius 1 is 0.765 bits per heavy atom. The van der Waals surface area contributed by atoms with Crippen molar-refractivity contribution in [3.05, 3.63) is 4.82 Å². The normalized spacial score (nSPS) is 14.5. The van der Waals surface area contributed by atoms with Crippen molar-refractivity contribution in [2.45, 2.75) is 77.8 Å². The molecule has 0 rings (SSSR count). The van der Waals surface area contributed by atoms with Gasteiger partial charge in [-0.15, -0.1) is 0 Å². The molecule has 0 unspecified atom stereocenters. The standard InChI is InChI=1S/C14H30OSi2/c1-13(2,3)16(7,8)12(11-15)17(9,10)14(4,5)6/h1-10H3. The molecule has 0 fully saturated rings.